The first-order valence-corrected chi connectivity index (χ1v) is 6.67. The summed E-state index contributed by atoms with van der Waals surface area (Å²) in [4.78, 5) is 48.5. The van der Waals surface area contributed by atoms with E-state index in [0.717, 1.165) is 6.07 Å². The van der Waals surface area contributed by atoms with E-state index in [2.05, 4.69) is 15.0 Å². The van der Waals surface area contributed by atoms with Crippen LogP contribution in [0.15, 0.2) is 34.2 Å². The van der Waals surface area contributed by atoms with Crippen LogP contribution < -0.4 is 16.0 Å². The van der Waals surface area contributed by atoms with E-state index in [1.54, 1.807) is 6.20 Å². The number of aromatic amines is 2. The molecule has 1 atom stereocenters. The van der Waals surface area contributed by atoms with Crippen LogP contribution in [0.2, 0.25) is 0 Å². The molecule has 0 bridgehead atoms. The van der Waals surface area contributed by atoms with Crippen molar-refractivity contribution in [3.63, 3.8) is 0 Å². The lowest BCUT2D eigenvalue weighted by molar-refractivity contribution is 0.0764. The van der Waals surface area contributed by atoms with Gasteiger partial charge in [-0.25, -0.2) is 9.78 Å². The van der Waals surface area contributed by atoms with E-state index in [9.17, 15) is 14.4 Å². The maximum Gasteiger partial charge on any atom is 0.326 e. The number of likely N-dealkylation sites (tertiary alicyclic amines) is 1. The molecule has 1 saturated heterocycles. The number of hydrogen-bond acceptors (Lipinski definition) is 6. The summed E-state index contributed by atoms with van der Waals surface area (Å²) in [6.45, 7) is 0.822. The largest absolute Gasteiger partial charge is 0.471 e. The van der Waals surface area contributed by atoms with Gasteiger partial charge in [0, 0.05) is 31.4 Å². The molecule has 1 fully saturated rings. The molecule has 2 N–H and O–H groups in total. The first kappa shape index (κ1) is 14.0. The summed E-state index contributed by atoms with van der Waals surface area (Å²) >= 11 is 0. The molecule has 3 heterocycles. The minimum Gasteiger partial charge on any atom is -0.471 e. The summed E-state index contributed by atoms with van der Waals surface area (Å²) in [5.41, 5.74) is -1.35. The van der Waals surface area contributed by atoms with Crippen LogP contribution in [-0.4, -0.2) is 49.9 Å². The van der Waals surface area contributed by atoms with Crippen molar-refractivity contribution in [2.24, 2.45) is 0 Å². The van der Waals surface area contributed by atoms with Gasteiger partial charge in [-0.3, -0.25) is 19.6 Å². The highest BCUT2D eigenvalue weighted by Gasteiger charge is 2.29. The van der Waals surface area contributed by atoms with Gasteiger partial charge in [0.2, 0.25) is 5.88 Å². The van der Waals surface area contributed by atoms with Crippen molar-refractivity contribution in [2.45, 2.75) is 12.5 Å². The zero-order valence-electron chi connectivity index (χ0n) is 11.5. The number of carbonyl (C=O) groups is 1. The third kappa shape index (κ3) is 3.03. The van der Waals surface area contributed by atoms with Gasteiger partial charge in [-0.1, -0.05) is 0 Å². The normalized spacial score (nSPS) is 17.5. The fourth-order valence-corrected chi connectivity index (χ4v) is 2.28. The first-order valence-electron chi connectivity index (χ1n) is 6.67. The summed E-state index contributed by atoms with van der Waals surface area (Å²) in [6.07, 6.45) is 5.00. The van der Waals surface area contributed by atoms with Gasteiger partial charge in [0.15, 0.2) is 0 Å². The van der Waals surface area contributed by atoms with Gasteiger partial charge in [0.1, 0.15) is 11.8 Å². The Morgan fingerprint density at radius 2 is 2.18 bits per heavy atom. The standard InChI is InChI=1S/C13H13N5O4/c19-10-5-9(16-13(21)17-10)12(20)18-4-1-8(7-18)22-11-6-14-2-3-15-11/h2-3,5-6,8H,1,4,7H2,(H2,16,17,19,21)/t8-/m0/s1. The fraction of sp³-hybridized carbons (Fsp3) is 0.308. The highest BCUT2D eigenvalue weighted by Crippen LogP contribution is 2.16. The number of nitrogens with zero attached hydrogens (tertiary/aromatic N) is 3. The van der Waals surface area contributed by atoms with Gasteiger partial charge in [0.25, 0.3) is 11.5 Å². The molecule has 0 aromatic carbocycles. The van der Waals surface area contributed by atoms with Crippen LogP contribution in [0, 0.1) is 0 Å². The molecular weight excluding hydrogens is 290 g/mol. The minimum absolute atomic E-state index is 0.0334. The molecule has 3 rings (SSSR count). The molecular formula is C13H13N5O4. The molecule has 0 unspecified atom stereocenters. The number of aromatic nitrogens is 4. The van der Waals surface area contributed by atoms with E-state index in [1.165, 1.54) is 17.3 Å². The smallest absolute Gasteiger partial charge is 0.326 e. The Bertz CT molecular complexity index is 757. The molecule has 0 spiro atoms. The molecule has 9 nitrogen and oxygen atoms in total. The minimum atomic E-state index is -0.706. The van der Waals surface area contributed by atoms with E-state index in [-0.39, 0.29) is 11.8 Å². The second kappa shape index (κ2) is 5.80. The molecule has 0 aliphatic carbocycles. The predicted molar refractivity (Wildman–Crippen MR) is 74.7 cm³/mol. The average Bonchev–Trinajstić information content (AvgIpc) is 2.95. The Hall–Kier alpha value is -2.97. The van der Waals surface area contributed by atoms with Gasteiger partial charge in [0.05, 0.1) is 12.7 Å². The zero-order chi connectivity index (χ0) is 15.5. The molecule has 1 aliphatic rings. The van der Waals surface area contributed by atoms with E-state index in [1.807, 2.05) is 4.98 Å². The van der Waals surface area contributed by atoms with E-state index >= 15 is 0 Å². The Balaban J connectivity index is 1.68. The average molecular weight is 303 g/mol. The maximum absolute atomic E-state index is 12.3. The molecule has 1 amide bonds. The summed E-state index contributed by atoms with van der Waals surface area (Å²) in [7, 11) is 0. The first-order chi connectivity index (χ1) is 10.6. The third-order valence-electron chi connectivity index (χ3n) is 3.25. The van der Waals surface area contributed by atoms with Crippen molar-refractivity contribution < 1.29 is 9.53 Å². The van der Waals surface area contributed by atoms with Gasteiger partial charge >= 0.3 is 5.69 Å². The van der Waals surface area contributed by atoms with Crippen molar-refractivity contribution in [2.75, 3.05) is 13.1 Å². The zero-order valence-corrected chi connectivity index (χ0v) is 11.5. The molecule has 22 heavy (non-hydrogen) atoms. The Morgan fingerprint density at radius 1 is 1.32 bits per heavy atom. The fourth-order valence-electron chi connectivity index (χ4n) is 2.28. The monoisotopic (exact) mass is 303 g/mol. The van der Waals surface area contributed by atoms with Crippen molar-refractivity contribution in [3.05, 3.63) is 51.2 Å². The molecule has 1 aliphatic heterocycles. The predicted octanol–water partition coefficient (Wildman–Crippen LogP) is -0.853. The van der Waals surface area contributed by atoms with Crippen LogP contribution in [0.4, 0.5) is 0 Å². The molecule has 2 aromatic rings. The number of H-pyrrole nitrogens is 2. The van der Waals surface area contributed by atoms with Crippen molar-refractivity contribution in [1.82, 2.24) is 24.8 Å². The second-order valence-corrected chi connectivity index (χ2v) is 4.82. The number of nitrogens with one attached hydrogen (secondary N) is 2. The van der Waals surface area contributed by atoms with Gasteiger partial charge in [-0.2, -0.15) is 0 Å². The Kier molecular flexibility index (Phi) is 3.69. The van der Waals surface area contributed by atoms with Gasteiger partial charge in [-0.15, -0.1) is 0 Å². The number of amides is 1. The molecule has 0 saturated carbocycles. The van der Waals surface area contributed by atoms with Crippen LogP contribution in [-0.2, 0) is 0 Å². The number of carbonyl (C=O) groups excluding carboxylic acids is 1. The van der Waals surface area contributed by atoms with Crippen LogP contribution >= 0.6 is 0 Å². The Labute approximate surface area is 124 Å². The molecule has 9 heteroatoms. The number of rotatable bonds is 3. The lowest BCUT2D eigenvalue weighted by atomic mass is 10.3. The molecule has 114 valence electrons. The SMILES string of the molecule is O=C(c1cc(=O)[nH]c(=O)[nH]1)N1CC[C@H](Oc2cnccn2)C1. The maximum atomic E-state index is 12.3. The molecule has 0 radical (unpaired) electrons. The van der Waals surface area contributed by atoms with Gasteiger partial charge in [-0.05, 0) is 0 Å². The van der Waals surface area contributed by atoms with Crippen molar-refractivity contribution >= 4 is 5.91 Å². The third-order valence-corrected chi connectivity index (χ3v) is 3.25. The van der Waals surface area contributed by atoms with E-state index in [4.69, 9.17) is 4.74 Å². The summed E-state index contributed by atoms with van der Waals surface area (Å²) in [5, 5.41) is 0. The summed E-state index contributed by atoms with van der Waals surface area (Å²) in [6, 6.07) is 1.07. The number of ether oxygens (including phenoxy) is 1. The lowest BCUT2D eigenvalue weighted by Crippen LogP contribution is -2.34. The van der Waals surface area contributed by atoms with Crippen molar-refractivity contribution in [1.29, 1.82) is 0 Å². The highest BCUT2D eigenvalue weighted by molar-refractivity contribution is 5.92. The quantitative estimate of drug-likeness (QED) is 0.761. The van der Waals surface area contributed by atoms with Crippen LogP contribution in [0.5, 0.6) is 5.88 Å². The molecule has 2 aromatic heterocycles. The number of hydrogen-bond donors (Lipinski definition) is 2. The summed E-state index contributed by atoms with van der Waals surface area (Å²) in [5.74, 6) is -0.0141. The van der Waals surface area contributed by atoms with Crippen molar-refractivity contribution in [3.8, 4) is 5.88 Å². The van der Waals surface area contributed by atoms with Crippen LogP contribution in [0.25, 0.3) is 0 Å². The summed E-state index contributed by atoms with van der Waals surface area (Å²) < 4.78 is 5.63. The highest BCUT2D eigenvalue weighted by atomic mass is 16.5. The van der Waals surface area contributed by atoms with Crippen LogP contribution in [0.3, 0.4) is 0 Å². The van der Waals surface area contributed by atoms with Crippen LogP contribution in [0.1, 0.15) is 16.9 Å². The Morgan fingerprint density at radius 3 is 2.91 bits per heavy atom. The van der Waals surface area contributed by atoms with Gasteiger partial charge < -0.3 is 14.6 Å². The van der Waals surface area contributed by atoms with E-state index < -0.39 is 17.2 Å². The topological polar surface area (TPSA) is 121 Å². The second-order valence-electron chi connectivity index (χ2n) is 4.82. The van der Waals surface area contributed by atoms with E-state index in [0.29, 0.717) is 25.4 Å². The lowest BCUT2D eigenvalue weighted by Gasteiger charge is -2.16.